The first-order valence-electron chi connectivity index (χ1n) is 14.5. The van der Waals surface area contributed by atoms with Gasteiger partial charge in [0.15, 0.2) is 16.3 Å². The van der Waals surface area contributed by atoms with E-state index < -0.39 is 0 Å². The summed E-state index contributed by atoms with van der Waals surface area (Å²) >= 11 is 1.45. The molecule has 1 atom stereocenters. The molecular formula is C36H33N3O3S. The van der Waals surface area contributed by atoms with E-state index in [1.54, 1.807) is 14.2 Å². The Morgan fingerprint density at radius 1 is 0.907 bits per heavy atom. The van der Waals surface area contributed by atoms with Crippen molar-refractivity contribution in [2.75, 3.05) is 14.2 Å². The summed E-state index contributed by atoms with van der Waals surface area (Å²) in [6.07, 6.45) is 3.76. The van der Waals surface area contributed by atoms with Crippen LogP contribution in [0.2, 0.25) is 0 Å². The highest BCUT2D eigenvalue weighted by atomic mass is 32.1. The van der Waals surface area contributed by atoms with E-state index in [4.69, 9.17) is 14.5 Å². The summed E-state index contributed by atoms with van der Waals surface area (Å²) in [4.78, 5) is 20.2. The summed E-state index contributed by atoms with van der Waals surface area (Å²) in [5.41, 5.74) is 11.1. The Balaban J connectivity index is 1.44. The number of thiazole rings is 1. The number of hydrogen-bond acceptors (Lipinski definition) is 5. The van der Waals surface area contributed by atoms with Gasteiger partial charge >= 0.3 is 0 Å². The summed E-state index contributed by atoms with van der Waals surface area (Å²) in [6, 6.07) is 24.8. The summed E-state index contributed by atoms with van der Waals surface area (Å²) < 4.78 is 16.0. The molecule has 2 aromatic heterocycles. The van der Waals surface area contributed by atoms with Crippen LogP contribution in [0.25, 0.3) is 17.5 Å². The predicted octanol–water partition coefficient (Wildman–Crippen LogP) is 6.05. The minimum Gasteiger partial charge on any atom is -0.493 e. The Morgan fingerprint density at radius 2 is 1.67 bits per heavy atom. The minimum atomic E-state index is -0.290. The van der Waals surface area contributed by atoms with E-state index in [2.05, 4.69) is 79.9 Å². The maximum Gasteiger partial charge on any atom is 0.271 e. The Kier molecular flexibility index (Phi) is 6.70. The van der Waals surface area contributed by atoms with Gasteiger partial charge in [-0.15, -0.1) is 0 Å². The van der Waals surface area contributed by atoms with Crippen molar-refractivity contribution in [2.24, 2.45) is 4.99 Å². The Morgan fingerprint density at radius 3 is 2.44 bits per heavy atom. The second kappa shape index (κ2) is 10.6. The standard InChI is InChI=1S/C36H33N3O3S/c1-21-10-14-27(15-11-21)38-22(2)18-26(23(38)3)20-32-35(40)39-34(25-13-17-30(41-4)31(19-25)42-5)29-16-12-24-8-6-7-9-28(24)33(29)37-36(39)43-32/h6-11,13-15,17-20,34H,12,16H2,1-5H3/b32-20+/t34-/m0/s1. The number of nitrogens with zero attached hydrogens (tertiary/aromatic N) is 3. The molecule has 3 heterocycles. The van der Waals surface area contributed by atoms with Gasteiger partial charge < -0.3 is 14.0 Å². The van der Waals surface area contributed by atoms with Crippen LogP contribution in [0.4, 0.5) is 0 Å². The van der Waals surface area contributed by atoms with Gasteiger partial charge in [0.1, 0.15) is 0 Å². The topological polar surface area (TPSA) is 57.8 Å². The number of hydrogen-bond donors (Lipinski definition) is 0. The third-order valence-corrected chi connectivity index (χ3v) is 9.63. The number of fused-ring (bicyclic) bond motifs is 3. The zero-order chi connectivity index (χ0) is 29.8. The zero-order valence-corrected chi connectivity index (χ0v) is 25.8. The summed E-state index contributed by atoms with van der Waals surface area (Å²) in [7, 11) is 3.27. The number of ether oxygens (including phenoxy) is 2. The van der Waals surface area contributed by atoms with Gasteiger partial charge in [-0.2, -0.15) is 0 Å². The van der Waals surface area contributed by atoms with Gasteiger partial charge in [-0.25, -0.2) is 4.99 Å². The van der Waals surface area contributed by atoms with Crippen LogP contribution in [0.1, 0.15) is 51.7 Å². The molecule has 43 heavy (non-hydrogen) atoms. The molecule has 1 aliphatic carbocycles. The first-order valence-corrected chi connectivity index (χ1v) is 15.3. The molecule has 0 bridgehead atoms. The molecule has 0 fully saturated rings. The van der Waals surface area contributed by atoms with Crippen molar-refractivity contribution < 1.29 is 9.47 Å². The normalized spacial score (nSPS) is 15.9. The maximum atomic E-state index is 14.3. The number of rotatable bonds is 5. The van der Waals surface area contributed by atoms with Gasteiger partial charge in [0.25, 0.3) is 5.56 Å². The van der Waals surface area contributed by atoms with E-state index in [1.165, 1.54) is 22.5 Å². The van der Waals surface area contributed by atoms with Crippen molar-refractivity contribution in [3.8, 4) is 17.2 Å². The third-order valence-electron chi connectivity index (χ3n) is 8.65. The first-order chi connectivity index (χ1) is 20.9. The highest BCUT2D eigenvalue weighted by Crippen LogP contribution is 2.42. The van der Waals surface area contributed by atoms with Crippen molar-refractivity contribution in [2.45, 2.75) is 39.7 Å². The fourth-order valence-corrected chi connectivity index (χ4v) is 7.50. The molecule has 5 aromatic rings. The van der Waals surface area contributed by atoms with Crippen molar-refractivity contribution in [3.63, 3.8) is 0 Å². The largest absolute Gasteiger partial charge is 0.493 e. The minimum absolute atomic E-state index is 0.0333. The average Bonchev–Trinajstić information content (AvgIpc) is 3.49. The zero-order valence-electron chi connectivity index (χ0n) is 25.0. The van der Waals surface area contributed by atoms with E-state index in [1.807, 2.05) is 28.8 Å². The summed E-state index contributed by atoms with van der Waals surface area (Å²) in [5.74, 6) is 1.30. The van der Waals surface area contributed by atoms with Gasteiger partial charge in [-0.05, 0) is 92.3 Å². The predicted molar refractivity (Wildman–Crippen MR) is 172 cm³/mol. The third kappa shape index (κ3) is 4.46. The molecule has 0 saturated carbocycles. The van der Waals surface area contributed by atoms with E-state index in [0.29, 0.717) is 20.8 Å². The molecule has 0 unspecified atom stereocenters. The van der Waals surface area contributed by atoms with Crippen LogP contribution >= 0.6 is 11.3 Å². The molecule has 216 valence electrons. The second-order valence-electron chi connectivity index (χ2n) is 11.2. The first kappa shape index (κ1) is 27.2. The summed E-state index contributed by atoms with van der Waals surface area (Å²) in [5, 5.41) is 0. The van der Waals surface area contributed by atoms with Crippen molar-refractivity contribution in [1.82, 2.24) is 9.13 Å². The molecule has 0 N–H and O–H groups in total. The smallest absolute Gasteiger partial charge is 0.271 e. The van der Waals surface area contributed by atoms with Crippen LogP contribution in [0.5, 0.6) is 11.5 Å². The van der Waals surface area contributed by atoms with Crippen molar-refractivity contribution in [1.29, 1.82) is 0 Å². The Hall–Kier alpha value is -4.62. The molecule has 2 aliphatic rings. The lowest BCUT2D eigenvalue weighted by atomic mass is 9.83. The molecule has 1 aliphatic heterocycles. The lowest BCUT2D eigenvalue weighted by Crippen LogP contribution is -2.38. The van der Waals surface area contributed by atoms with Gasteiger partial charge in [0.2, 0.25) is 0 Å². The molecule has 0 spiro atoms. The van der Waals surface area contributed by atoms with Gasteiger partial charge in [0.05, 0.1) is 30.5 Å². The fraction of sp³-hybridized carbons (Fsp3) is 0.222. The van der Waals surface area contributed by atoms with Gasteiger partial charge in [-0.1, -0.05) is 59.4 Å². The van der Waals surface area contributed by atoms with Crippen LogP contribution in [0.3, 0.4) is 0 Å². The maximum absolute atomic E-state index is 14.3. The highest BCUT2D eigenvalue weighted by molar-refractivity contribution is 7.07. The van der Waals surface area contributed by atoms with E-state index >= 15 is 0 Å². The van der Waals surface area contributed by atoms with Crippen molar-refractivity contribution >= 4 is 23.1 Å². The summed E-state index contributed by atoms with van der Waals surface area (Å²) in [6.45, 7) is 6.31. The highest BCUT2D eigenvalue weighted by Gasteiger charge is 2.33. The van der Waals surface area contributed by atoms with E-state index in [9.17, 15) is 4.79 Å². The molecule has 0 saturated heterocycles. The number of benzene rings is 3. The van der Waals surface area contributed by atoms with E-state index in [0.717, 1.165) is 57.9 Å². The van der Waals surface area contributed by atoms with E-state index in [-0.39, 0.29) is 11.6 Å². The molecule has 3 aromatic carbocycles. The van der Waals surface area contributed by atoms with Crippen LogP contribution in [-0.2, 0) is 6.42 Å². The Labute approximate surface area is 254 Å². The number of aryl methyl sites for hydroxylation is 3. The fourth-order valence-electron chi connectivity index (χ4n) is 6.51. The molecule has 0 amide bonds. The van der Waals surface area contributed by atoms with Crippen molar-refractivity contribution in [3.05, 3.63) is 137 Å². The molecule has 7 heteroatoms. The molecular weight excluding hydrogens is 554 g/mol. The lowest BCUT2D eigenvalue weighted by Gasteiger charge is -2.31. The SMILES string of the molecule is COc1ccc([C@H]2C3=C(N=c4s/c(=C/c5cc(C)n(-c6ccc(C)cc6)c5C)c(=O)n42)c2ccccc2CC3)cc1OC. The molecule has 7 rings (SSSR count). The van der Waals surface area contributed by atoms with Crippen LogP contribution in [0.15, 0.2) is 88.2 Å². The average molecular weight is 588 g/mol. The van der Waals surface area contributed by atoms with Gasteiger partial charge in [-0.3, -0.25) is 9.36 Å². The monoisotopic (exact) mass is 587 g/mol. The molecule has 6 nitrogen and oxygen atoms in total. The van der Waals surface area contributed by atoms with Crippen LogP contribution in [0, 0.1) is 20.8 Å². The lowest BCUT2D eigenvalue weighted by molar-refractivity contribution is 0.354. The van der Waals surface area contributed by atoms with Gasteiger partial charge in [0, 0.05) is 22.6 Å². The molecule has 0 radical (unpaired) electrons. The number of methoxy groups -OCH3 is 2. The van der Waals surface area contributed by atoms with Crippen LogP contribution in [-0.4, -0.2) is 23.4 Å². The number of allylic oxidation sites excluding steroid dienone is 1. The quantitative estimate of drug-likeness (QED) is 0.252. The Bertz CT molecular complexity index is 2110. The second-order valence-corrected chi connectivity index (χ2v) is 12.2. The number of aromatic nitrogens is 2. The van der Waals surface area contributed by atoms with Crippen LogP contribution < -0.4 is 24.4 Å².